The van der Waals surface area contributed by atoms with E-state index in [0.717, 1.165) is 16.5 Å². The van der Waals surface area contributed by atoms with Crippen LogP contribution in [0.4, 0.5) is 5.13 Å². The lowest BCUT2D eigenvalue weighted by atomic mass is 10.2. The van der Waals surface area contributed by atoms with Gasteiger partial charge in [0.1, 0.15) is 0 Å². The van der Waals surface area contributed by atoms with Crippen molar-refractivity contribution in [3.63, 3.8) is 0 Å². The second-order valence-corrected chi connectivity index (χ2v) is 6.40. The molecule has 1 N–H and O–H groups in total. The Bertz CT molecular complexity index is 828. The Hall–Kier alpha value is -2.51. The summed E-state index contributed by atoms with van der Waals surface area (Å²) in [6, 6.07) is 10.1. The predicted octanol–water partition coefficient (Wildman–Crippen LogP) is 2.99. The number of hydrogen-bond donors (Lipinski definition) is 1. The van der Waals surface area contributed by atoms with Crippen molar-refractivity contribution in [1.29, 1.82) is 0 Å². The van der Waals surface area contributed by atoms with Gasteiger partial charge in [0.2, 0.25) is 5.91 Å². The van der Waals surface area contributed by atoms with Crippen LogP contribution in [-0.4, -0.2) is 27.2 Å². The lowest BCUT2D eigenvalue weighted by molar-refractivity contribution is -0.116. The van der Waals surface area contributed by atoms with Crippen LogP contribution in [0.3, 0.4) is 0 Å². The van der Waals surface area contributed by atoms with Crippen LogP contribution in [0.25, 0.3) is 5.69 Å². The Morgan fingerprint density at radius 2 is 2.12 bits per heavy atom. The highest BCUT2D eigenvalue weighted by atomic mass is 32.1. The first-order valence-electron chi connectivity index (χ1n) is 8.20. The fourth-order valence-corrected chi connectivity index (χ4v) is 3.55. The van der Waals surface area contributed by atoms with Gasteiger partial charge in [-0.05, 0) is 24.6 Å². The van der Waals surface area contributed by atoms with Gasteiger partial charge in [0.05, 0.1) is 11.4 Å². The fraction of sp³-hybridized carbons (Fsp3) is 0.278. The monoisotopic (exact) mass is 355 g/mol. The average Bonchev–Trinajstić information content (AvgIpc) is 3.28. The highest BCUT2D eigenvalue weighted by Gasteiger charge is 2.13. The molecule has 7 heteroatoms. The molecule has 3 rings (SSSR count). The van der Waals surface area contributed by atoms with Gasteiger partial charge in [-0.15, -0.1) is 11.3 Å². The summed E-state index contributed by atoms with van der Waals surface area (Å²) < 4.78 is 1.87. The first-order chi connectivity index (χ1) is 12.2. The number of thiazole rings is 1. The maximum absolute atomic E-state index is 11.6. The van der Waals surface area contributed by atoms with Crippen molar-refractivity contribution in [2.45, 2.75) is 26.9 Å². The van der Waals surface area contributed by atoms with Gasteiger partial charge in [-0.1, -0.05) is 18.2 Å². The Morgan fingerprint density at radius 1 is 1.28 bits per heavy atom. The molecule has 0 aliphatic carbocycles. The topological polar surface area (TPSA) is 63.1 Å². The van der Waals surface area contributed by atoms with Gasteiger partial charge in [-0.3, -0.25) is 9.69 Å². The molecule has 25 heavy (non-hydrogen) atoms. The molecule has 0 atom stereocenters. The Kier molecular flexibility index (Phi) is 5.57. The maximum atomic E-state index is 11.6. The summed E-state index contributed by atoms with van der Waals surface area (Å²) in [4.78, 5) is 17.8. The third-order valence-corrected chi connectivity index (χ3v) is 4.74. The van der Waals surface area contributed by atoms with E-state index in [1.165, 1.54) is 16.9 Å². The van der Waals surface area contributed by atoms with Crippen LogP contribution in [0.2, 0.25) is 0 Å². The molecule has 0 saturated heterocycles. The van der Waals surface area contributed by atoms with Crippen LogP contribution in [0.15, 0.2) is 48.1 Å². The number of nitrogens with one attached hydrogen (secondary N) is 1. The van der Waals surface area contributed by atoms with Crippen molar-refractivity contribution in [2.24, 2.45) is 0 Å². The predicted molar refractivity (Wildman–Crippen MR) is 99.9 cm³/mol. The molecule has 0 aliphatic heterocycles. The minimum Gasteiger partial charge on any atom is -0.307 e. The molecule has 2 heterocycles. The first kappa shape index (κ1) is 17.3. The maximum Gasteiger partial charge on any atom is 0.225 e. The number of benzene rings is 1. The van der Waals surface area contributed by atoms with E-state index >= 15 is 0 Å². The van der Waals surface area contributed by atoms with Crippen LogP contribution in [-0.2, 0) is 17.9 Å². The van der Waals surface area contributed by atoms with Crippen molar-refractivity contribution < 1.29 is 4.79 Å². The minimum atomic E-state index is 0.0181. The third kappa shape index (κ3) is 4.12. The summed E-state index contributed by atoms with van der Waals surface area (Å²) in [6.07, 6.45) is 3.71. The highest BCUT2D eigenvalue weighted by Crippen LogP contribution is 2.20. The van der Waals surface area contributed by atoms with E-state index in [9.17, 15) is 4.79 Å². The van der Waals surface area contributed by atoms with E-state index in [4.69, 9.17) is 0 Å². The number of para-hydroxylation sites is 1. The smallest absolute Gasteiger partial charge is 0.225 e. The number of nitrogens with zero attached hydrogens (tertiary/aromatic N) is 4. The van der Waals surface area contributed by atoms with E-state index in [2.05, 4.69) is 27.5 Å². The molecule has 6 nitrogen and oxygen atoms in total. The zero-order valence-corrected chi connectivity index (χ0v) is 15.2. The Morgan fingerprint density at radius 3 is 2.84 bits per heavy atom. The van der Waals surface area contributed by atoms with Crippen LogP contribution >= 0.6 is 11.3 Å². The number of amides is 1. The molecule has 130 valence electrons. The van der Waals surface area contributed by atoms with Crippen LogP contribution in [0.1, 0.15) is 25.1 Å². The number of hydrogen-bond acceptors (Lipinski definition) is 5. The quantitative estimate of drug-likeness (QED) is 0.708. The van der Waals surface area contributed by atoms with Gasteiger partial charge < -0.3 is 5.32 Å². The van der Waals surface area contributed by atoms with Crippen LogP contribution < -0.4 is 10.2 Å². The molecular weight excluding hydrogens is 334 g/mol. The summed E-state index contributed by atoms with van der Waals surface area (Å²) in [6.45, 7) is 5.52. The minimum absolute atomic E-state index is 0.0181. The average molecular weight is 355 g/mol. The molecule has 0 spiro atoms. The highest BCUT2D eigenvalue weighted by molar-refractivity contribution is 7.14. The summed E-state index contributed by atoms with van der Waals surface area (Å²) in [5.74, 6) is 0.0181. The molecule has 0 unspecified atom stereocenters. The standard InChI is InChI=1S/C18H21N5OS/c1-3-22(14(2)24)18-21-16(13-25-18)12-19-11-15-7-4-5-8-17(15)23-10-6-9-20-23/h4-10,13,19H,3,11-12H2,1-2H3. The van der Waals surface area contributed by atoms with Gasteiger partial charge in [0.25, 0.3) is 0 Å². The second-order valence-electron chi connectivity index (χ2n) is 5.57. The third-order valence-electron chi connectivity index (χ3n) is 3.83. The number of rotatable bonds is 7. The van der Waals surface area contributed by atoms with Gasteiger partial charge >= 0.3 is 0 Å². The van der Waals surface area contributed by atoms with E-state index in [0.29, 0.717) is 19.6 Å². The van der Waals surface area contributed by atoms with Crippen LogP contribution in [0.5, 0.6) is 0 Å². The lowest BCUT2D eigenvalue weighted by Gasteiger charge is -2.14. The molecule has 2 aromatic heterocycles. The number of anilines is 1. The second kappa shape index (κ2) is 8.04. The van der Waals surface area contributed by atoms with Crippen molar-refractivity contribution in [1.82, 2.24) is 20.1 Å². The first-order valence-corrected chi connectivity index (χ1v) is 9.08. The zero-order valence-electron chi connectivity index (χ0n) is 14.3. The lowest BCUT2D eigenvalue weighted by Crippen LogP contribution is -2.27. The van der Waals surface area contributed by atoms with Crippen LogP contribution in [0, 0.1) is 0 Å². The van der Waals surface area contributed by atoms with Gasteiger partial charge in [0.15, 0.2) is 5.13 Å². The summed E-state index contributed by atoms with van der Waals surface area (Å²) in [5, 5.41) is 10.5. The van der Waals surface area contributed by atoms with Crippen molar-refractivity contribution in [3.05, 3.63) is 59.4 Å². The largest absolute Gasteiger partial charge is 0.307 e. The molecular formula is C18H21N5OS. The molecule has 0 fully saturated rings. The molecule has 1 aromatic carbocycles. The fourth-order valence-electron chi connectivity index (χ4n) is 2.61. The van der Waals surface area contributed by atoms with Gasteiger partial charge in [-0.2, -0.15) is 5.10 Å². The Balaban J connectivity index is 1.63. The van der Waals surface area contributed by atoms with Crippen molar-refractivity contribution in [3.8, 4) is 5.69 Å². The van der Waals surface area contributed by atoms with E-state index in [-0.39, 0.29) is 5.91 Å². The van der Waals surface area contributed by atoms with E-state index < -0.39 is 0 Å². The molecule has 0 radical (unpaired) electrons. The SMILES string of the molecule is CCN(C(C)=O)c1nc(CNCc2ccccc2-n2cccn2)cs1. The summed E-state index contributed by atoms with van der Waals surface area (Å²) >= 11 is 1.50. The van der Waals surface area contributed by atoms with Crippen molar-refractivity contribution >= 4 is 22.4 Å². The number of carbonyl (C=O) groups is 1. The molecule has 0 saturated carbocycles. The zero-order chi connectivity index (χ0) is 17.6. The molecule has 1 amide bonds. The van der Waals surface area contributed by atoms with Gasteiger partial charge in [-0.25, -0.2) is 9.67 Å². The molecule has 0 bridgehead atoms. The molecule has 0 aliphatic rings. The van der Waals surface area contributed by atoms with Crippen molar-refractivity contribution in [2.75, 3.05) is 11.4 Å². The van der Waals surface area contributed by atoms with E-state index in [1.807, 2.05) is 41.4 Å². The van der Waals surface area contributed by atoms with Gasteiger partial charge in [0, 0.05) is 44.3 Å². The number of aromatic nitrogens is 3. The Labute approximate surface area is 151 Å². The summed E-state index contributed by atoms with van der Waals surface area (Å²) in [7, 11) is 0. The number of carbonyl (C=O) groups excluding carboxylic acids is 1. The molecule has 3 aromatic rings. The normalized spacial score (nSPS) is 10.8. The summed E-state index contributed by atoms with van der Waals surface area (Å²) in [5.41, 5.74) is 3.17. The van der Waals surface area contributed by atoms with E-state index in [1.54, 1.807) is 18.0 Å².